The van der Waals surface area contributed by atoms with Crippen LogP contribution in [0.15, 0.2) is 46.1 Å². The van der Waals surface area contributed by atoms with E-state index in [1.54, 1.807) is 0 Å². The Kier molecular flexibility index (Phi) is 7.64. The van der Waals surface area contributed by atoms with Crippen LogP contribution in [0, 0.1) is 6.92 Å². The van der Waals surface area contributed by atoms with Crippen molar-refractivity contribution in [1.82, 2.24) is 14.5 Å². The Morgan fingerprint density at radius 1 is 1.07 bits per heavy atom. The summed E-state index contributed by atoms with van der Waals surface area (Å²) < 4.78 is 113. The van der Waals surface area contributed by atoms with Gasteiger partial charge in [-0.25, -0.2) is 18.6 Å². The smallest absolute Gasteiger partial charge is 0.439 e. The van der Waals surface area contributed by atoms with Gasteiger partial charge in [-0.2, -0.15) is 13.2 Å². The maximum atomic E-state index is 13.9. The highest BCUT2D eigenvalue weighted by molar-refractivity contribution is 7.22. The highest BCUT2D eigenvalue weighted by Gasteiger charge is 2.39. The molecule has 0 saturated carbocycles. The molecule has 0 aliphatic carbocycles. The van der Waals surface area contributed by atoms with Gasteiger partial charge in [0.2, 0.25) is 5.88 Å². The van der Waals surface area contributed by atoms with Gasteiger partial charge in [-0.1, -0.05) is 0 Å². The van der Waals surface area contributed by atoms with Gasteiger partial charge in [0.1, 0.15) is 16.3 Å². The number of rotatable bonds is 7. The minimum Gasteiger partial charge on any atom is -0.439 e. The molecule has 40 heavy (non-hydrogen) atoms. The highest BCUT2D eigenvalue weighted by Crippen LogP contribution is 2.40. The van der Waals surface area contributed by atoms with Gasteiger partial charge in [-0.05, 0) is 42.8 Å². The molecule has 0 aliphatic heterocycles. The van der Waals surface area contributed by atoms with Crippen LogP contribution in [-0.2, 0) is 6.54 Å². The molecule has 0 aliphatic rings. The first kappa shape index (κ1) is 29.0. The fourth-order valence-electron chi connectivity index (χ4n) is 3.65. The zero-order chi connectivity index (χ0) is 29.6. The summed E-state index contributed by atoms with van der Waals surface area (Å²) in [5, 5.41) is 9.28. The molecule has 0 saturated heterocycles. The van der Waals surface area contributed by atoms with Crippen LogP contribution in [0.25, 0.3) is 20.7 Å². The lowest BCUT2D eigenvalue weighted by Gasteiger charge is -2.15. The SMILES string of the molecule is Cc1c(-c2cnc(Oc3ccc(OC(F)(F)F)cc3)c(C(F)F)c2)sc2c1c(=O)[nH]c(=O)n2C[C@@H](O)C(F)(F)F. The van der Waals surface area contributed by atoms with Gasteiger partial charge in [-0.3, -0.25) is 14.3 Å². The van der Waals surface area contributed by atoms with E-state index in [2.05, 4.69) is 9.72 Å². The minimum atomic E-state index is -5.06. The Labute approximate surface area is 221 Å². The molecule has 8 nitrogen and oxygen atoms in total. The number of aliphatic hydroxyl groups excluding tert-OH is 1. The first-order chi connectivity index (χ1) is 18.5. The number of hydrogen-bond donors (Lipinski definition) is 2. The van der Waals surface area contributed by atoms with Crippen molar-refractivity contribution in [2.75, 3.05) is 0 Å². The average molecular weight is 597 g/mol. The van der Waals surface area contributed by atoms with Crippen molar-refractivity contribution in [1.29, 1.82) is 0 Å². The third-order valence-corrected chi connectivity index (χ3v) is 6.81. The van der Waals surface area contributed by atoms with Crippen LogP contribution in [0.2, 0.25) is 0 Å². The number of halogens is 8. The van der Waals surface area contributed by atoms with Crippen molar-refractivity contribution in [2.24, 2.45) is 0 Å². The number of aryl methyl sites for hydroxylation is 1. The number of hydrogen-bond acceptors (Lipinski definition) is 7. The van der Waals surface area contributed by atoms with Crippen LogP contribution in [-0.4, -0.2) is 38.3 Å². The lowest BCUT2D eigenvalue weighted by molar-refractivity contribution is -0.274. The van der Waals surface area contributed by atoms with Crippen molar-refractivity contribution >= 4 is 21.6 Å². The monoisotopic (exact) mass is 597 g/mol. The maximum Gasteiger partial charge on any atom is 0.573 e. The molecule has 3 heterocycles. The number of nitrogens with zero attached hydrogens (tertiary/aromatic N) is 2. The molecule has 0 fully saturated rings. The van der Waals surface area contributed by atoms with Crippen molar-refractivity contribution in [3.05, 3.63) is 68.5 Å². The van der Waals surface area contributed by atoms with Crippen molar-refractivity contribution in [3.8, 4) is 27.8 Å². The molecule has 0 radical (unpaired) electrons. The molecule has 0 unspecified atom stereocenters. The molecule has 3 aromatic heterocycles. The number of ether oxygens (including phenoxy) is 2. The Bertz CT molecular complexity index is 1660. The van der Waals surface area contributed by atoms with E-state index < -0.39 is 60.1 Å². The molecule has 0 amide bonds. The topological polar surface area (TPSA) is 106 Å². The normalized spacial score (nSPS) is 13.2. The van der Waals surface area contributed by atoms with E-state index in [0.717, 1.165) is 36.5 Å². The third kappa shape index (κ3) is 6.09. The second-order valence-corrected chi connectivity index (χ2v) is 9.20. The summed E-state index contributed by atoms with van der Waals surface area (Å²) in [4.78, 5) is 30.4. The second-order valence-electron chi connectivity index (χ2n) is 8.20. The molecule has 1 aromatic carbocycles. The Morgan fingerprint density at radius 3 is 2.27 bits per heavy atom. The van der Waals surface area contributed by atoms with Gasteiger partial charge >= 0.3 is 18.2 Å². The summed E-state index contributed by atoms with van der Waals surface area (Å²) >= 11 is 0.654. The van der Waals surface area contributed by atoms with Gasteiger partial charge < -0.3 is 14.6 Å². The number of fused-ring (bicyclic) bond motifs is 1. The van der Waals surface area contributed by atoms with Crippen molar-refractivity contribution < 1.29 is 49.7 Å². The zero-order valence-electron chi connectivity index (χ0n) is 19.7. The van der Waals surface area contributed by atoms with Crippen LogP contribution in [0.5, 0.6) is 17.4 Å². The zero-order valence-corrected chi connectivity index (χ0v) is 20.5. The Hall–Kier alpha value is -3.99. The first-order valence-corrected chi connectivity index (χ1v) is 11.7. The van der Waals surface area contributed by atoms with Crippen molar-refractivity contribution in [3.63, 3.8) is 0 Å². The average Bonchev–Trinajstić information content (AvgIpc) is 3.18. The molecule has 214 valence electrons. The van der Waals surface area contributed by atoms with E-state index in [0.29, 0.717) is 15.9 Å². The number of pyridine rings is 1. The van der Waals surface area contributed by atoms with E-state index in [9.17, 15) is 49.8 Å². The third-order valence-electron chi connectivity index (χ3n) is 5.45. The number of aliphatic hydroxyl groups is 1. The highest BCUT2D eigenvalue weighted by atomic mass is 32.1. The standard InChI is InChI=1S/C23H15F8N3O5S/c1-9-15-18(36)33-21(37)34(8-14(35)22(26,27)28)20(15)40-16(9)10-6-13(17(24)25)19(32-7-10)38-11-2-4-12(5-3-11)39-23(29,30)31/h2-7,14,17,35H,8H2,1H3,(H,33,36,37)/t14-/m1/s1. The minimum absolute atomic E-state index is 0.00467. The van der Waals surface area contributed by atoms with E-state index >= 15 is 0 Å². The summed E-state index contributed by atoms with van der Waals surface area (Å²) in [6.45, 7) is 0.157. The van der Waals surface area contributed by atoms with Gasteiger partial charge in [0.05, 0.1) is 17.5 Å². The Morgan fingerprint density at radius 2 is 1.70 bits per heavy atom. The largest absolute Gasteiger partial charge is 0.573 e. The van der Waals surface area contributed by atoms with Crippen LogP contribution in [0.3, 0.4) is 0 Å². The van der Waals surface area contributed by atoms with Crippen LogP contribution >= 0.6 is 11.3 Å². The van der Waals surface area contributed by atoms with E-state index in [1.807, 2.05) is 4.98 Å². The number of aromatic amines is 1. The van der Waals surface area contributed by atoms with E-state index in [4.69, 9.17) is 4.74 Å². The quantitative estimate of drug-likeness (QED) is 0.266. The summed E-state index contributed by atoms with van der Waals surface area (Å²) in [5.74, 6) is -1.31. The number of aromatic nitrogens is 3. The lowest BCUT2D eigenvalue weighted by atomic mass is 10.1. The molecule has 0 bridgehead atoms. The van der Waals surface area contributed by atoms with Crippen LogP contribution in [0.4, 0.5) is 35.1 Å². The van der Waals surface area contributed by atoms with Gasteiger partial charge in [0.15, 0.2) is 6.10 Å². The molecule has 1 atom stereocenters. The lowest BCUT2D eigenvalue weighted by Crippen LogP contribution is -2.38. The van der Waals surface area contributed by atoms with Crippen LogP contribution < -0.4 is 20.7 Å². The molecular weight excluding hydrogens is 582 g/mol. The van der Waals surface area contributed by atoms with E-state index in [-0.39, 0.29) is 32.0 Å². The summed E-state index contributed by atoms with van der Waals surface area (Å²) in [7, 11) is 0. The number of nitrogens with one attached hydrogen (secondary N) is 1. The molecule has 17 heteroatoms. The predicted octanol–water partition coefficient (Wildman–Crippen LogP) is 5.67. The fraction of sp³-hybridized carbons (Fsp3) is 0.261. The molecule has 4 aromatic rings. The van der Waals surface area contributed by atoms with Crippen LogP contribution in [0.1, 0.15) is 17.6 Å². The molecule has 4 rings (SSSR count). The first-order valence-electron chi connectivity index (χ1n) is 10.9. The number of thiophene rings is 1. The van der Waals surface area contributed by atoms with Crippen molar-refractivity contribution in [2.45, 2.75) is 38.5 Å². The summed E-state index contributed by atoms with van der Waals surface area (Å²) in [6, 6.07) is 4.80. The molecule has 2 N–H and O–H groups in total. The molecular formula is C23H15F8N3O5S. The predicted molar refractivity (Wildman–Crippen MR) is 125 cm³/mol. The van der Waals surface area contributed by atoms with Gasteiger partial charge in [0.25, 0.3) is 12.0 Å². The van der Waals surface area contributed by atoms with Gasteiger partial charge in [0, 0.05) is 16.6 Å². The maximum absolute atomic E-state index is 13.9. The number of H-pyrrole nitrogens is 1. The second kappa shape index (κ2) is 10.5. The summed E-state index contributed by atoms with van der Waals surface area (Å²) in [5.41, 5.74) is -2.74. The number of alkyl halides is 8. The number of benzene rings is 1. The fourth-order valence-corrected chi connectivity index (χ4v) is 4.94. The Balaban J connectivity index is 1.74. The summed E-state index contributed by atoms with van der Waals surface area (Å²) in [6.07, 6.45) is -15.0. The van der Waals surface area contributed by atoms with E-state index in [1.165, 1.54) is 6.92 Å². The molecule has 0 spiro atoms. The van der Waals surface area contributed by atoms with Gasteiger partial charge in [-0.15, -0.1) is 24.5 Å².